The second-order valence-electron chi connectivity index (χ2n) is 8.09. The second kappa shape index (κ2) is 8.53. The van der Waals surface area contributed by atoms with Gasteiger partial charge in [0.25, 0.3) is 0 Å². The van der Waals surface area contributed by atoms with Crippen LogP contribution in [0.2, 0.25) is 0 Å². The van der Waals surface area contributed by atoms with E-state index in [1.165, 1.54) is 7.11 Å². The number of amidine groups is 1. The molecule has 8 heteroatoms. The monoisotopic (exact) mass is 463 g/mol. The molecule has 0 aromatic heterocycles. The van der Waals surface area contributed by atoms with Crippen molar-refractivity contribution in [2.75, 3.05) is 26.7 Å². The van der Waals surface area contributed by atoms with Crippen LogP contribution in [0.4, 0.5) is 5.69 Å². The molecule has 33 heavy (non-hydrogen) atoms. The summed E-state index contributed by atoms with van der Waals surface area (Å²) in [6, 6.07) is 21.9. The summed E-state index contributed by atoms with van der Waals surface area (Å²) in [4.78, 5) is 7.32. The predicted molar refractivity (Wildman–Crippen MR) is 127 cm³/mol. The molecule has 3 aromatic carbocycles. The van der Waals surface area contributed by atoms with Gasteiger partial charge in [0, 0.05) is 31.7 Å². The topological polar surface area (TPSA) is 71.4 Å². The normalized spacial score (nSPS) is 18.4. The van der Waals surface area contributed by atoms with Gasteiger partial charge < -0.3 is 14.4 Å². The summed E-state index contributed by atoms with van der Waals surface area (Å²) >= 11 is 0. The van der Waals surface area contributed by atoms with Gasteiger partial charge in [0.1, 0.15) is 23.0 Å². The highest BCUT2D eigenvalue weighted by Crippen LogP contribution is 2.38. The average Bonchev–Trinajstić information content (AvgIpc) is 3.00. The Morgan fingerprint density at radius 1 is 0.970 bits per heavy atom. The van der Waals surface area contributed by atoms with Crippen LogP contribution in [0.3, 0.4) is 0 Å². The molecule has 0 amide bonds. The summed E-state index contributed by atoms with van der Waals surface area (Å²) in [7, 11) is -2.12. The molecule has 0 N–H and O–H groups in total. The van der Waals surface area contributed by atoms with Gasteiger partial charge in [-0.2, -0.15) is 4.31 Å². The Morgan fingerprint density at radius 3 is 2.52 bits per heavy atom. The van der Waals surface area contributed by atoms with E-state index in [1.54, 1.807) is 28.6 Å². The molecule has 7 nitrogen and oxygen atoms in total. The van der Waals surface area contributed by atoms with E-state index in [9.17, 15) is 8.42 Å². The highest BCUT2D eigenvalue weighted by molar-refractivity contribution is 7.89. The van der Waals surface area contributed by atoms with Crippen molar-refractivity contribution in [3.05, 3.63) is 78.4 Å². The first-order valence-electron chi connectivity index (χ1n) is 10.8. The molecule has 5 rings (SSSR count). The van der Waals surface area contributed by atoms with Crippen molar-refractivity contribution in [1.29, 1.82) is 0 Å². The van der Waals surface area contributed by atoms with Gasteiger partial charge in [-0.05, 0) is 43.3 Å². The Bertz CT molecular complexity index is 1320. The summed E-state index contributed by atoms with van der Waals surface area (Å²) in [5.74, 6) is 2.75. The largest absolute Gasteiger partial charge is 0.497 e. The number of aliphatic imine (C=N–C) groups is 1. The first kappa shape index (κ1) is 21.5. The zero-order valence-electron chi connectivity index (χ0n) is 18.5. The molecule has 1 saturated heterocycles. The lowest BCUT2D eigenvalue weighted by atomic mass is 10.1. The molecule has 0 spiro atoms. The molecule has 2 aliphatic rings. The van der Waals surface area contributed by atoms with Crippen LogP contribution in [-0.4, -0.2) is 56.2 Å². The fourth-order valence-electron chi connectivity index (χ4n) is 4.30. The SMILES string of the molecule is COc1cccc(S(=O)(=O)N2CCN(C3=Nc4ccccc4Oc4ccccc43)CC2C)c1. The molecule has 0 aliphatic carbocycles. The number of para-hydroxylation sites is 3. The molecule has 3 aromatic rings. The van der Waals surface area contributed by atoms with Crippen LogP contribution in [0.25, 0.3) is 0 Å². The van der Waals surface area contributed by atoms with Crippen LogP contribution in [0.5, 0.6) is 17.2 Å². The van der Waals surface area contributed by atoms with Crippen molar-refractivity contribution in [2.24, 2.45) is 4.99 Å². The summed E-state index contributed by atoms with van der Waals surface area (Å²) in [6.07, 6.45) is 0. The fourth-order valence-corrected chi connectivity index (χ4v) is 5.95. The molecule has 1 fully saturated rings. The van der Waals surface area contributed by atoms with Crippen molar-refractivity contribution in [2.45, 2.75) is 17.9 Å². The number of hydrogen-bond acceptors (Lipinski definition) is 6. The molecular formula is C25H25N3O4S. The number of benzene rings is 3. The third-order valence-electron chi connectivity index (χ3n) is 5.95. The quantitative estimate of drug-likeness (QED) is 0.580. The van der Waals surface area contributed by atoms with Gasteiger partial charge in [0.15, 0.2) is 5.75 Å². The number of hydrogen-bond donors (Lipinski definition) is 0. The van der Waals surface area contributed by atoms with E-state index in [0.29, 0.717) is 31.1 Å². The van der Waals surface area contributed by atoms with Crippen molar-refractivity contribution in [3.8, 4) is 17.2 Å². The number of ether oxygens (including phenoxy) is 2. The molecule has 2 aliphatic heterocycles. The third-order valence-corrected chi connectivity index (χ3v) is 7.96. The third kappa shape index (κ3) is 3.96. The van der Waals surface area contributed by atoms with Gasteiger partial charge in [-0.3, -0.25) is 0 Å². The number of piperazine rings is 1. The maximum atomic E-state index is 13.4. The molecule has 1 atom stereocenters. The minimum atomic E-state index is -3.65. The van der Waals surface area contributed by atoms with Gasteiger partial charge in [-0.25, -0.2) is 13.4 Å². The predicted octanol–water partition coefficient (Wildman–Crippen LogP) is 4.27. The number of sulfonamides is 1. The van der Waals surface area contributed by atoms with E-state index in [0.717, 1.165) is 22.8 Å². The number of methoxy groups -OCH3 is 1. The highest BCUT2D eigenvalue weighted by atomic mass is 32.2. The van der Waals surface area contributed by atoms with E-state index < -0.39 is 10.0 Å². The lowest BCUT2D eigenvalue weighted by Crippen LogP contribution is -2.55. The summed E-state index contributed by atoms with van der Waals surface area (Å²) < 4.78 is 39.7. The zero-order chi connectivity index (χ0) is 23.0. The van der Waals surface area contributed by atoms with E-state index in [-0.39, 0.29) is 10.9 Å². The maximum absolute atomic E-state index is 13.4. The van der Waals surface area contributed by atoms with Crippen LogP contribution >= 0.6 is 0 Å². The van der Waals surface area contributed by atoms with Gasteiger partial charge in [0.2, 0.25) is 10.0 Å². The molecule has 170 valence electrons. The first-order chi connectivity index (χ1) is 16.0. The lowest BCUT2D eigenvalue weighted by molar-refractivity contribution is 0.205. The number of nitrogens with zero attached hydrogens (tertiary/aromatic N) is 3. The van der Waals surface area contributed by atoms with Crippen molar-refractivity contribution < 1.29 is 17.9 Å². The Labute approximate surface area is 193 Å². The number of fused-ring (bicyclic) bond motifs is 2. The molecule has 0 bridgehead atoms. The van der Waals surface area contributed by atoms with Crippen LogP contribution < -0.4 is 9.47 Å². The zero-order valence-corrected chi connectivity index (χ0v) is 19.3. The minimum absolute atomic E-state index is 0.238. The van der Waals surface area contributed by atoms with Crippen molar-refractivity contribution in [1.82, 2.24) is 9.21 Å². The average molecular weight is 464 g/mol. The van der Waals surface area contributed by atoms with Crippen LogP contribution in [0, 0.1) is 0 Å². The highest BCUT2D eigenvalue weighted by Gasteiger charge is 2.36. The number of rotatable bonds is 3. The maximum Gasteiger partial charge on any atom is 0.243 e. The summed E-state index contributed by atoms with van der Waals surface area (Å²) in [5, 5.41) is 0. The summed E-state index contributed by atoms with van der Waals surface area (Å²) in [6.45, 7) is 3.31. The van der Waals surface area contributed by atoms with Gasteiger partial charge in [-0.15, -0.1) is 0 Å². The van der Waals surface area contributed by atoms with Crippen molar-refractivity contribution >= 4 is 21.5 Å². The molecule has 0 saturated carbocycles. The van der Waals surface area contributed by atoms with Gasteiger partial charge >= 0.3 is 0 Å². The standard InChI is InChI=1S/C25H25N3O4S/c1-18-17-27(14-15-28(18)33(29,30)20-9-7-8-19(16-20)31-2)25-21-10-3-5-12-23(21)32-24-13-6-4-11-22(24)26-25/h3-13,16,18H,14-15,17H2,1-2H3. The first-order valence-corrected chi connectivity index (χ1v) is 12.3. The van der Waals surface area contributed by atoms with E-state index in [2.05, 4.69) is 4.90 Å². The molecule has 0 radical (unpaired) electrons. The fraction of sp³-hybridized carbons (Fsp3) is 0.240. The van der Waals surface area contributed by atoms with E-state index in [4.69, 9.17) is 14.5 Å². The van der Waals surface area contributed by atoms with Crippen molar-refractivity contribution in [3.63, 3.8) is 0 Å². The van der Waals surface area contributed by atoms with Gasteiger partial charge in [0.05, 0.1) is 17.6 Å². The molecule has 1 unspecified atom stereocenters. The Balaban J connectivity index is 1.46. The van der Waals surface area contributed by atoms with E-state index in [1.807, 2.05) is 55.5 Å². The van der Waals surface area contributed by atoms with Gasteiger partial charge in [-0.1, -0.05) is 30.3 Å². The second-order valence-corrected chi connectivity index (χ2v) is 9.98. The Hall–Kier alpha value is -3.36. The summed E-state index contributed by atoms with van der Waals surface area (Å²) in [5.41, 5.74) is 1.65. The van der Waals surface area contributed by atoms with Crippen LogP contribution in [-0.2, 0) is 10.0 Å². The molecule has 2 heterocycles. The van der Waals surface area contributed by atoms with Crippen LogP contribution in [0.15, 0.2) is 82.7 Å². The van der Waals surface area contributed by atoms with E-state index >= 15 is 0 Å². The Kier molecular flexibility index (Phi) is 5.55. The van der Waals surface area contributed by atoms with Crippen LogP contribution in [0.1, 0.15) is 12.5 Å². The Morgan fingerprint density at radius 2 is 1.73 bits per heavy atom. The minimum Gasteiger partial charge on any atom is -0.497 e. The molecular weight excluding hydrogens is 438 g/mol. The lowest BCUT2D eigenvalue weighted by Gasteiger charge is -2.40. The smallest absolute Gasteiger partial charge is 0.243 e.